The summed E-state index contributed by atoms with van der Waals surface area (Å²) in [6, 6.07) is 7.73. The Labute approximate surface area is 145 Å². The number of nitrogens with zero attached hydrogens (tertiary/aromatic N) is 2. The summed E-state index contributed by atoms with van der Waals surface area (Å²) in [6.07, 6.45) is 2.84. The van der Waals surface area contributed by atoms with Gasteiger partial charge >= 0.3 is 0 Å². The fraction of sp³-hybridized carbons (Fsp3) is 0.333. The summed E-state index contributed by atoms with van der Waals surface area (Å²) in [7, 11) is 0. The van der Waals surface area contributed by atoms with Gasteiger partial charge in [-0.1, -0.05) is 25.1 Å². The summed E-state index contributed by atoms with van der Waals surface area (Å²) >= 11 is 1.58. The van der Waals surface area contributed by atoms with Crippen LogP contribution in [-0.4, -0.2) is 35.5 Å². The molecule has 2 aliphatic rings. The molecule has 4 rings (SSSR count). The standard InChI is InChI=1S/C18H19N3O2S/c1-2-21-8-7-14-16(10-21)24-18(19-14)20-17(22)13-9-12-5-3-4-6-15(12)23-11-13/h3-6,9H,2,7-8,10-11H2,1H3,(H,19,20,22). The summed E-state index contributed by atoms with van der Waals surface area (Å²) in [5.74, 6) is 0.682. The number of carbonyl (C=O) groups excluding carboxylic acids is 1. The molecule has 6 heteroatoms. The van der Waals surface area contributed by atoms with E-state index in [9.17, 15) is 4.79 Å². The number of nitrogens with one attached hydrogen (secondary N) is 1. The Morgan fingerprint density at radius 2 is 2.29 bits per heavy atom. The number of carbonyl (C=O) groups is 1. The normalized spacial score (nSPS) is 16.6. The Bertz CT molecular complexity index is 812. The molecule has 0 atom stereocenters. The molecule has 0 fully saturated rings. The number of thiazole rings is 1. The molecule has 124 valence electrons. The molecule has 1 N–H and O–H groups in total. The maximum absolute atomic E-state index is 12.5. The Morgan fingerprint density at radius 3 is 3.17 bits per heavy atom. The van der Waals surface area contributed by atoms with E-state index in [1.807, 2.05) is 30.3 Å². The van der Waals surface area contributed by atoms with E-state index in [4.69, 9.17) is 4.74 Å². The highest BCUT2D eigenvalue weighted by Gasteiger charge is 2.22. The van der Waals surface area contributed by atoms with Crippen LogP contribution in [0.3, 0.4) is 0 Å². The molecule has 24 heavy (non-hydrogen) atoms. The van der Waals surface area contributed by atoms with Crippen LogP contribution in [0.5, 0.6) is 5.75 Å². The predicted octanol–water partition coefficient (Wildman–Crippen LogP) is 2.94. The van der Waals surface area contributed by atoms with Gasteiger partial charge in [-0.3, -0.25) is 15.0 Å². The minimum absolute atomic E-state index is 0.136. The topological polar surface area (TPSA) is 54.5 Å². The molecule has 0 unspecified atom stereocenters. The largest absolute Gasteiger partial charge is 0.488 e. The fourth-order valence-electron chi connectivity index (χ4n) is 3.00. The van der Waals surface area contributed by atoms with Gasteiger partial charge in [0.2, 0.25) is 0 Å². The van der Waals surface area contributed by atoms with Gasteiger partial charge in [0.1, 0.15) is 12.4 Å². The molecule has 3 heterocycles. The average Bonchev–Trinajstić information content (AvgIpc) is 3.02. The molecule has 0 aliphatic carbocycles. The minimum atomic E-state index is -0.136. The monoisotopic (exact) mass is 341 g/mol. The summed E-state index contributed by atoms with van der Waals surface area (Å²) in [4.78, 5) is 20.7. The number of fused-ring (bicyclic) bond motifs is 2. The number of anilines is 1. The zero-order chi connectivity index (χ0) is 16.5. The van der Waals surface area contributed by atoms with Crippen molar-refractivity contribution in [2.75, 3.05) is 25.0 Å². The van der Waals surface area contributed by atoms with Gasteiger partial charge in [0, 0.05) is 30.0 Å². The Morgan fingerprint density at radius 1 is 1.42 bits per heavy atom. The quantitative estimate of drug-likeness (QED) is 0.933. The van der Waals surface area contributed by atoms with Crippen molar-refractivity contribution in [3.8, 4) is 5.75 Å². The van der Waals surface area contributed by atoms with Crippen LogP contribution in [0.4, 0.5) is 5.13 Å². The minimum Gasteiger partial charge on any atom is -0.488 e. The Kier molecular flexibility index (Phi) is 4.08. The summed E-state index contributed by atoms with van der Waals surface area (Å²) in [5, 5.41) is 3.62. The van der Waals surface area contributed by atoms with Crippen molar-refractivity contribution < 1.29 is 9.53 Å². The number of para-hydroxylation sites is 1. The van der Waals surface area contributed by atoms with E-state index in [0.717, 1.165) is 43.1 Å². The molecular weight excluding hydrogens is 322 g/mol. The number of hydrogen-bond donors (Lipinski definition) is 1. The lowest BCUT2D eigenvalue weighted by molar-refractivity contribution is -0.113. The summed E-state index contributed by atoms with van der Waals surface area (Å²) < 4.78 is 5.65. The second kappa shape index (κ2) is 6.37. The van der Waals surface area contributed by atoms with Gasteiger partial charge < -0.3 is 4.74 Å². The number of amides is 1. The SMILES string of the molecule is CCN1CCc2nc(NC(=O)C3=Cc4ccccc4OC3)sc2C1. The number of ether oxygens (including phenoxy) is 1. The molecule has 1 aromatic carbocycles. The van der Waals surface area contributed by atoms with E-state index in [0.29, 0.717) is 10.7 Å². The second-order valence-electron chi connectivity index (χ2n) is 5.96. The van der Waals surface area contributed by atoms with Gasteiger partial charge in [-0.2, -0.15) is 0 Å². The van der Waals surface area contributed by atoms with Crippen LogP contribution in [0.15, 0.2) is 29.8 Å². The molecule has 0 saturated carbocycles. The third kappa shape index (κ3) is 2.95. The summed E-state index contributed by atoms with van der Waals surface area (Å²) in [5.41, 5.74) is 2.68. The van der Waals surface area contributed by atoms with Crippen LogP contribution in [0.2, 0.25) is 0 Å². The predicted molar refractivity (Wildman–Crippen MR) is 95.3 cm³/mol. The van der Waals surface area contributed by atoms with Crippen molar-refractivity contribution >= 4 is 28.5 Å². The van der Waals surface area contributed by atoms with E-state index >= 15 is 0 Å². The van der Waals surface area contributed by atoms with Crippen molar-refractivity contribution in [3.63, 3.8) is 0 Å². The highest BCUT2D eigenvalue weighted by atomic mass is 32.1. The van der Waals surface area contributed by atoms with E-state index in [2.05, 4.69) is 22.1 Å². The van der Waals surface area contributed by atoms with Crippen molar-refractivity contribution in [2.24, 2.45) is 0 Å². The molecule has 0 radical (unpaired) electrons. The van der Waals surface area contributed by atoms with Crippen molar-refractivity contribution in [3.05, 3.63) is 46.0 Å². The highest BCUT2D eigenvalue weighted by Crippen LogP contribution is 2.30. The summed E-state index contributed by atoms with van der Waals surface area (Å²) in [6.45, 7) is 5.47. The average molecular weight is 341 g/mol. The van der Waals surface area contributed by atoms with Crippen LogP contribution >= 0.6 is 11.3 Å². The van der Waals surface area contributed by atoms with E-state index in [1.165, 1.54) is 4.88 Å². The first-order valence-electron chi connectivity index (χ1n) is 8.17. The molecule has 1 aromatic heterocycles. The molecular formula is C18H19N3O2S. The van der Waals surface area contributed by atoms with Gasteiger partial charge in [0.15, 0.2) is 5.13 Å². The number of aromatic nitrogens is 1. The Balaban J connectivity index is 1.50. The molecule has 1 amide bonds. The highest BCUT2D eigenvalue weighted by molar-refractivity contribution is 7.15. The van der Waals surface area contributed by atoms with Gasteiger partial charge in [-0.05, 0) is 18.7 Å². The Hall–Kier alpha value is -2.18. The van der Waals surface area contributed by atoms with Crippen LogP contribution < -0.4 is 10.1 Å². The first-order valence-corrected chi connectivity index (χ1v) is 8.99. The lowest BCUT2D eigenvalue weighted by atomic mass is 10.1. The van der Waals surface area contributed by atoms with E-state index in [1.54, 1.807) is 11.3 Å². The maximum atomic E-state index is 12.5. The van der Waals surface area contributed by atoms with Crippen LogP contribution in [-0.2, 0) is 17.8 Å². The smallest absolute Gasteiger partial charge is 0.256 e. The van der Waals surface area contributed by atoms with Gasteiger partial charge in [0.25, 0.3) is 5.91 Å². The van der Waals surface area contributed by atoms with Crippen molar-refractivity contribution in [1.29, 1.82) is 0 Å². The molecule has 2 aromatic rings. The van der Waals surface area contributed by atoms with Gasteiger partial charge in [-0.15, -0.1) is 11.3 Å². The second-order valence-corrected chi connectivity index (χ2v) is 7.04. The van der Waals surface area contributed by atoms with E-state index < -0.39 is 0 Å². The molecule has 0 saturated heterocycles. The van der Waals surface area contributed by atoms with Gasteiger partial charge in [-0.25, -0.2) is 4.98 Å². The lowest BCUT2D eigenvalue weighted by Gasteiger charge is -2.23. The van der Waals surface area contributed by atoms with Crippen molar-refractivity contribution in [1.82, 2.24) is 9.88 Å². The zero-order valence-electron chi connectivity index (χ0n) is 13.5. The number of hydrogen-bond acceptors (Lipinski definition) is 5. The first-order chi connectivity index (χ1) is 11.7. The maximum Gasteiger partial charge on any atom is 0.256 e. The molecule has 2 aliphatic heterocycles. The number of rotatable bonds is 3. The zero-order valence-corrected chi connectivity index (χ0v) is 14.4. The number of benzene rings is 1. The van der Waals surface area contributed by atoms with Crippen LogP contribution in [0.25, 0.3) is 6.08 Å². The third-order valence-corrected chi connectivity index (χ3v) is 5.40. The van der Waals surface area contributed by atoms with E-state index in [-0.39, 0.29) is 12.5 Å². The molecule has 5 nitrogen and oxygen atoms in total. The van der Waals surface area contributed by atoms with Crippen LogP contribution in [0, 0.1) is 0 Å². The lowest BCUT2D eigenvalue weighted by Crippen LogP contribution is -2.29. The van der Waals surface area contributed by atoms with Crippen LogP contribution in [0.1, 0.15) is 23.1 Å². The van der Waals surface area contributed by atoms with Gasteiger partial charge in [0.05, 0.1) is 11.3 Å². The van der Waals surface area contributed by atoms with Crippen molar-refractivity contribution in [2.45, 2.75) is 19.9 Å². The third-order valence-electron chi connectivity index (χ3n) is 4.40. The fourth-order valence-corrected chi connectivity index (χ4v) is 4.04. The first kappa shape index (κ1) is 15.4. The number of likely N-dealkylation sites (N-methyl/N-ethyl adjacent to an activating group) is 1. The molecule has 0 spiro atoms. The molecule has 0 bridgehead atoms.